The van der Waals surface area contributed by atoms with Crippen LogP contribution in [0.2, 0.25) is 0 Å². The highest BCUT2D eigenvalue weighted by Crippen LogP contribution is 2.53. The van der Waals surface area contributed by atoms with Gasteiger partial charge in [-0.15, -0.1) is 11.3 Å². The van der Waals surface area contributed by atoms with E-state index in [1.165, 1.54) is 87.4 Å². The fourth-order valence-corrected chi connectivity index (χ4v) is 9.31. The molecule has 0 atom stereocenters. The Kier molecular flexibility index (Phi) is 4.04. The van der Waals surface area contributed by atoms with Crippen LogP contribution in [-0.2, 0) is 0 Å². The molecule has 5 heterocycles. The van der Waals surface area contributed by atoms with Crippen molar-refractivity contribution in [3.05, 3.63) is 133 Å². The van der Waals surface area contributed by atoms with E-state index in [0.717, 1.165) is 0 Å². The van der Waals surface area contributed by atoms with Crippen LogP contribution in [0.5, 0.6) is 0 Å². The molecule has 11 rings (SSSR count). The Morgan fingerprint density at radius 1 is 0.488 bits per heavy atom. The minimum atomic E-state index is 0.0660. The molecule has 198 valence electrons. The third-order valence-corrected chi connectivity index (χ3v) is 10.9. The Bertz CT molecular complexity index is 2510. The van der Waals surface area contributed by atoms with Crippen LogP contribution in [0.4, 0.5) is 28.4 Å². The van der Waals surface area contributed by atoms with Crippen molar-refractivity contribution < 1.29 is 0 Å². The van der Waals surface area contributed by atoms with E-state index in [9.17, 15) is 0 Å². The van der Waals surface area contributed by atoms with Gasteiger partial charge < -0.3 is 14.3 Å². The molecule has 0 spiro atoms. The zero-order valence-electron chi connectivity index (χ0n) is 23.0. The quantitative estimate of drug-likeness (QED) is 0.185. The van der Waals surface area contributed by atoms with Gasteiger partial charge in [0.25, 0.3) is 0 Å². The molecule has 0 amide bonds. The number of rotatable bonds is 1. The van der Waals surface area contributed by atoms with Gasteiger partial charge in [0.1, 0.15) is 0 Å². The summed E-state index contributed by atoms with van der Waals surface area (Å²) in [6.45, 7) is 0.0660. The average molecular weight is 563 g/mol. The summed E-state index contributed by atoms with van der Waals surface area (Å²) < 4.78 is 5.20. The number of benzene rings is 6. The number of para-hydroxylation sites is 4. The van der Waals surface area contributed by atoms with E-state index in [2.05, 4.69) is 148 Å². The van der Waals surface area contributed by atoms with Gasteiger partial charge in [-0.25, -0.2) is 0 Å². The second-order valence-electron chi connectivity index (χ2n) is 11.7. The first-order valence-electron chi connectivity index (χ1n) is 14.8. The summed E-state index contributed by atoms with van der Waals surface area (Å²) in [6, 6.07) is 49.4. The molecule has 0 unspecified atom stereocenters. The van der Waals surface area contributed by atoms with Gasteiger partial charge >= 0.3 is 6.85 Å². The fourth-order valence-electron chi connectivity index (χ4n) is 8.10. The lowest BCUT2D eigenvalue weighted by Gasteiger charge is -2.47. The van der Waals surface area contributed by atoms with E-state index in [4.69, 9.17) is 0 Å². The van der Waals surface area contributed by atoms with E-state index in [-0.39, 0.29) is 6.85 Å². The van der Waals surface area contributed by atoms with E-state index in [1.54, 1.807) is 0 Å². The number of nitrogens with zero attached hydrogens (tertiary/aromatic N) is 3. The van der Waals surface area contributed by atoms with E-state index in [0.29, 0.717) is 0 Å². The number of hydrogen-bond acceptors (Lipinski definition) is 3. The summed E-state index contributed by atoms with van der Waals surface area (Å²) in [5.41, 5.74) is 14.1. The second kappa shape index (κ2) is 7.77. The van der Waals surface area contributed by atoms with Gasteiger partial charge in [0, 0.05) is 43.4 Å². The van der Waals surface area contributed by atoms with Crippen LogP contribution in [0.15, 0.2) is 133 Å². The maximum atomic E-state index is 2.60. The lowest BCUT2D eigenvalue weighted by Crippen LogP contribution is -2.65. The number of anilines is 5. The van der Waals surface area contributed by atoms with Crippen LogP contribution in [-0.4, -0.2) is 11.4 Å². The van der Waals surface area contributed by atoms with Gasteiger partial charge in [-0.1, -0.05) is 91.0 Å². The Hall–Kier alpha value is -5.26. The van der Waals surface area contributed by atoms with Crippen molar-refractivity contribution >= 4 is 88.8 Å². The summed E-state index contributed by atoms with van der Waals surface area (Å²) in [7, 11) is 0. The molecule has 0 fully saturated rings. The highest BCUT2D eigenvalue weighted by Gasteiger charge is 2.50. The highest BCUT2D eigenvalue weighted by molar-refractivity contribution is 7.26. The van der Waals surface area contributed by atoms with Crippen LogP contribution < -0.4 is 20.8 Å². The molecule has 0 bridgehead atoms. The van der Waals surface area contributed by atoms with Gasteiger partial charge in [0.05, 0.1) is 33.0 Å². The highest BCUT2D eigenvalue weighted by atomic mass is 32.1. The molecule has 3 aliphatic rings. The van der Waals surface area contributed by atoms with E-state index in [1.807, 2.05) is 11.3 Å². The molecule has 43 heavy (non-hydrogen) atoms. The number of fused-ring (bicyclic) bond motifs is 12. The minimum absolute atomic E-state index is 0.0660. The molecule has 3 aliphatic heterocycles. The van der Waals surface area contributed by atoms with Crippen LogP contribution >= 0.6 is 11.3 Å². The number of hydrogen-bond donors (Lipinski definition) is 0. The Morgan fingerprint density at radius 3 is 2.07 bits per heavy atom. The van der Waals surface area contributed by atoms with Crippen molar-refractivity contribution in [2.45, 2.75) is 0 Å². The number of aromatic nitrogens is 1. The van der Waals surface area contributed by atoms with Crippen molar-refractivity contribution in [1.82, 2.24) is 4.57 Å². The molecule has 0 saturated heterocycles. The standard InChI is InChI=1S/C38H22BN3S/c1-5-17-29-23(11-1)25-14-9-20-32-35(25)39-38-36(40(32)33-21-10-15-26-24-12-3-8-22-34(24)43-37(26)33)27-13-2-4-16-28(27)41(38)30-18-6-7-19-31(30)42(29)39/h1-22H. The SMILES string of the molecule is c1ccc2c(c1)-c1cccc3c1B1c4c(c5ccccc5n4-c4ccccc4N12)N3c1cccc2c1sc1ccccc12. The zero-order chi connectivity index (χ0) is 27.8. The maximum absolute atomic E-state index is 2.60. The normalized spacial score (nSPS) is 13.9. The Labute approximate surface area is 252 Å². The molecule has 6 aromatic carbocycles. The summed E-state index contributed by atoms with van der Waals surface area (Å²) >= 11 is 1.90. The zero-order valence-corrected chi connectivity index (χ0v) is 23.8. The van der Waals surface area contributed by atoms with Crippen molar-refractivity contribution in [3.63, 3.8) is 0 Å². The van der Waals surface area contributed by atoms with Gasteiger partial charge in [-0.2, -0.15) is 0 Å². The van der Waals surface area contributed by atoms with Crippen LogP contribution in [0.3, 0.4) is 0 Å². The topological polar surface area (TPSA) is 11.4 Å². The molecule has 3 nitrogen and oxygen atoms in total. The molecule has 2 aromatic heterocycles. The van der Waals surface area contributed by atoms with Crippen LogP contribution in [0.25, 0.3) is 47.9 Å². The lowest BCUT2D eigenvalue weighted by molar-refractivity contribution is 1.11. The third-order valence-electron chi connectivity index (χ3n) is 9.68. The van der Waals surface area contributed by atoms with Crippen molar-refractivity contribution in [1.29, 1.82) is 0 Å². The van der Waals surface area contributed by atoms with Crippen LogP contribution in [0.1, 0.15) is 0 Å². The van der Waals surface area contributed by atoms with Crippen molar-refractivity contribution in [2.24, 2.45) is 0 Å². The first kappa shape index (κ1) is 22.4. The fraction of sp³-hybridized carbons (Fsp3) is 0. The average Bonchev–Trinajstić information content (AvgIpc) is 3.62. The molecule has 8 aromatic rings. The van der Waals surface area contributed by atoms with Gasteiger partial charge in [-0.05, 0) is 53.5 Å². The largest absolute Gasteiger partial charge is 0.374 e. The Morgan fingerprint density at radius 2 is 1.14 bits per heavy atom. The van der Waals surface area contributed by atoms with Gasteiger partial charge in [0.2, 0.25) is 0 Å². The smallest absolute Gasteiger partial charge is 0.351 e. The summed E-state index contributed by atoms with van der Waals surface area (Å²) in [4.78, 5) is 5.19. The van der Waals surface area contributed by atoms with Crippen LogP contribution in [0, 0.1) is 0 Å². The monoisotopic (exact) mass is 563 g/mol. The summed E-state index contributed by atoms with van der Waals surface area (Å²) in [5.74, 6) is 0. The van der Waals surface area contributed by atoms with Gasteiger partial charge in [0.15, 0.2) is 0 Å². The first-order valence-corrected chi connectivity index (χ1v) is 15.6. The molecule has 0 radical (unpaired) electrons. The molecule has 0 N–H and O–H groups in total. The predicted octanol–water partition coefficient (Wildman–Crippen LogP) is 9.02. The number of thiophene rings is 1. The van der Waals surface area contributed by atoms with E-state index < -0.39 is 0 Å². The summed E-state index contributed by atoms with van der Waals surface area (Å²) in [5, 5.41) is 3.93. The van der Waals surface area contributed by atoms with E-state index >= 15 is 0 Å². The second-order valence-corrected chi connectivity index (χ2v) is 12.7. The Balaban J connectivity index is 1.36. The maximum Gasteiger partial charge on any atom is 0.351 e. The first-order chi connectivity index (χ1) is 21.4. The van der Waals surface area contributed by atoms with Crippen molar-refractivity contribution in [3.8, 4) is 16.8 Å². The molecule has 0 saturated carbocycles. The predicted molar refractivity (Wildman–Crippen MR) is 183 cm³/mol. The summed E-state index contributed by atoms with van der Waals surface area (Å²) in [6.07, 6.45) is 0. The molecular weight excluding hydrogens is 541 g/mol. The minimum Gasteiger partial charge on any atom is -0.374 e. The molecule has 5 heteroatoms. The lowest BCUT2D eigenvalue weighted by atomic mass is 9.44. The molecular formula is C38H22BN3S. The third kappa shape index (κ3) is 2.59. The van der Waals surface area contributed by atoms with Gasteiger partial charge in [-0.3, -0.25) is 0 Å². The molecule has 0 aliphatic carbocycles. The van der Waals surface area contributed by atoms with Crippen molar-refractivity contribution in [2.75, 3.05) is 9.71 Å².